The first-order valence-electron chi connectivity index (χ1n) is 6.90. The number of nitrogens with one attached hydrogen (secondary N) is 1. The second-order valence-corrected chi connectivity index (χ2v) is 7.47. The van der Waals surface area contributed by atoms with Gasteiger partial charge in [0.1, 0.15) is 5.75 Å². The van der Waals surface area contributed by atoms with Crippen molar-refractivity contribution in [2.45, 2.75) is 12.8 Å². The SMILES string of the molecule is Nc1cccc(OCCC(=O)NCC2CCS(=O)(=O)C2)c1. The summed E-state index contributed by atoms with van der Waals surface area (Å²) < 4.78 is 28.0. The third-order valence-electron chi connectivity index (χ3n) is 3.37. The van der Waals surface area contributed by atoms with Crippen molar-refractivity contribution in [2.75, 3.05) is 30.4 Å². The number of anilines is 1. The molecule has 0 aromatic heterocycles. The van der Waals surface area contributed by atoms with E-state index >= 15 is 0 Å². The normalized spacial score (nSPS) is 20.1. The van der Waals surface area contributed by atoms with E-state index in [0.29, 0.717) is 24.4 Å². The molecule has 0 bridgehead atoms. The van der Waals surface area contributed by atoms with Crippen LogP contribution in [0.25, 0.3) is 0 Å². The predicted molar refractivity (Wildman–Crippen MR) is 80.7 cm³/mol. The van der Waals surface area contributed by atoms with Gasteiger partial charge in [-0.15, -0.1) is 0 Å². The summed E-state index contributed by atoms with van der Waals surface area (Å²) in [6, 6.07) is 7.01. The molecule has 1 atom stereocenters. The molecule has 6 nitrogen and oxygen atoms in total. The van der Waals surface area contributed by atoms with Crippen molar-refractivity contribution in [3.8, 4) is 5.75 Å². The molecule has 1 saturated heterocycles. The largest absolute Gasteiger partial charge is 0.493 e. The molecule has 1 aliphatic rings. The molecule has 0 radical (unpaired) electrons. The van der Waals surface area contributed by atoms with Crippen LogP contribution in [0.5, 0.6) is 5.75 Å². The molecule has 1 fully saturated rings. The topological polar surface area (TPSA) is 98.5 Å². The van der Waals surface area contributed by atoms with Crippen molar-refractivity contribution < 1.29 is 17.9 Å². The quantitative estimate of drug-likeness (QED) is 0.749. The average Bonchev–Trinajstić information content (AvgIpc) is 2.76. The molecule has 116 valence electrons. The Morgan fingerprint density at radius 1 is 1.43 bits per heavy atom. The highest BCUT2D eigenvalue weighted by Gasteiger charge is 2.27. The fraction of sp³-hybridized carbons (Fsp3) is 0.500. The van der Waals surface area contributed by atoms with Gasteiger partial charge in [-0.3, -0.25) is 4.79 Å². The number of carbonyl (C=O) groups excluding carboxylic acids is 1. The summed E-state index contributed by atoms with van der Waals surface area (Å²) in [5.41, 5.74) is 6.23. The molecule has 0 spiro atoms. The molecule has 1 unspecified atom stereocenters. The minimum Gasteiger partial charge on any atom is -0.493 e. The van der Waals surface area contributed by atoms with Crippen LogP contribution in [-0.4, -0.2) is 39.0 Å². The molecule has 2 rings (SSSR count). The van der Waals surface area contributed by atoms with Gasteiger partial charge in [0.05, 0.1) is 24.5 Å². The second kappa shape index (κ2) is 6.80. The number of hydrogen-bond donors (Lipinski definition) is 2. The third kappa shape index (κ3) is 5.26. The minimum absolute atomic E-state index is 0.0359. The van der Waals surface area contributed by atoms with Gasteiger partial charge in [0.15, 0.2) is 9.84 Å². The molecule has 1 amide bonds. The molecule has 1 aromatic carbocycles. The Kier molecular flexibility index (Phi) is 5.06. The van der Waals surface area contributed by atoms with Gasteiger partial charge in [-0.2, -0.15) is 0 Å². The van der Waals surface area contributed by atoms with Gasteiger partial charge in [0.25, 0.3) is 0 Å². The number of benzene rings is 1. The van der Waals surface area contributed by atoms with Crippen LogP contribution in [0.15, 0.2) is 24.3 Å². The molecule has 1 aromatic rings. The van der Waals surface area contributed by atoms with Crippen molar-refractivity contribution in [3.63, 3.8) is 0 Å². The van der Waals surface area contributed by atoms with Crippen LogP contribution in [0.4, 0.5) is 5.69 Å². The number of nitrogen functional groups attached to an aromatic ring is 1. The van der Waals surface area contributed by atoms with E-state index in [1.54, 1.807) is 24.3 Å². The van der Waals surface area contributed by atoms with Gasteiger partial charge in [-0.05, 0) is 24.5 Å². The maximum atomic E-state index is 11.7. The molecule has 3 N–H and O–H groups in total. The van der Waals surface area contributed by atoms with Gasteiger partial charge < -0.3 is 15.8 Å². The molecular weight excluding hydrogens is 292 g/mol. The summed E-state index contributed by atoms with van der Waals surface area (Å²) in [7, 11) is -2.89. The number of sulfone groups is 1. The molecule has 1 heterocycles. The van der Waals surface area contributed by atoms with E-state index in [9.17, 15) is 13.2 Å². The summed E-state index contributed by atoms with van der Waals surface area (Å²) in [4.78, 5) is 11.7. The number of hydrogen-bond acceptors (Lipinski definition) is 5. The van der Waals surface area contributed by atoms with Gasteiger partial charge in [-0.25, -0.2) is 8.42 Å². The summed E-state index contributed by atoms with van der Waals surface area (Å²) in [6.45, 7) is 0.675. The molecule has 1 aliphatic heterocycles. The number of carbonyl (C=O) groups is 1. The Labute approximate surface area is 124 Å². The monoisotopic (exact) mass is 312 g/mol. The Morgan fingerprint density at radius 3 is 2.90 bits per heavy atom. The van der Waals surface area contributed by atoms with E-state index in [2.05, 4.69) is 5.32 Å². The number of nitrogens with two attached hydrogens (primary N) is 1. The highest BCUT2D eigenvalue weighted by atomic mass is 32.2. The van der Waals surface area contributed by atoms with Crippen LogP contribution >= 0.6 is 0 Å². The summed E-state index contributed by atoms with van der Waals surface area (Å²) in [5, 5.41) is 2.75. The predicted octanol–water partition coefficient (Wildman–Crippen LogP) is 0.589. The molecule has 0 aliphatic carbocycles. The van der Waals surface area contributed by atoms with E-state index in [-0.39, 0.29) is 36.4 Å². The molecule has 7 heteroatoms. The zero-order valence-corrected chi connectivity index (χ0v) is 12.6. The Balaban J connectivity index is 1.64. The van der Waals surface area contributed by atoms with Gasteiger partial charge in [-0.1, -0.05) is 6.07 Å². The lowest BCUT2D eigenvalue weighted by Gasteiger charge is -2.10. The van der Waals surface area contributed by atoms with Gasteiger partial charge >= 0.3 is 0 Å². The zero-order chi connectivity index (χ0) is 15.3. The van der Waals surface area contributed by atoms with Crippen molar-refractivity contribution in [2.24, 2.45) is 5.92 Å². The smallest absolute Gasteiger partial charge is 0.223 e. The summed E-state index contributed by atoms with van der Waals surface area (Å²) >= 11 is 0. The molecule has 21 heavy (non-hydrogen) atoms. The van der Waals surface area contributed by atoms with Crippen LogP contribution in [0.1, 0.15) is 12.8 Å². The Morgan fingerprint density at radius 2 is 2.24 bits per heavy atom. The van der Waals surface area contributed by atoms with Crippen molar-refractivity contribution in [1.29, 1.82) is 0 Å². The van der Waals surface area contributed by atoms with Crippen LogP contribution in [-0.2, 0) is 14.6 Å². The van der Waals surface area contributed by atoms with E-state index in [0.717, 1.165) is 0 Å². The summed E-state index contributed by atoms with van der Waals surface area (Å²) in [5.74, 6) is 0.931. The summed E-state index contributed by atoms with van der Waals surface area (Å²) in [6.07, 6.45) is 0.858. The van der Waals surface area contributed by atoms with Gasteiger partial charge in [0, 0.05) is 18.3 Å². The third-order valence-corrected chi connectivity index (χ3v) is 5.21. The number of ether oxygens (including phenoxy) is 1. The van der Waals surface area contributed by atoms with Crippen molar-refractivity contribution in [3.05, 3.63) is 24.3 Å². The Bertz CT molecular complexity index is 601. The average molecular weight is 312 g/mol. The fourth-order valence-corrected chi connectivity index (χ4v) is 4.11. The standard InChI is InChI=1S/C14H20N2O4S/c15-12-2-1-3-13(8-12)20-6-4-14(17)16-9-11-5-7-21(18,19)10-11/h1-3,8,11H,4-7,9-10,15H2,(H,16,17). The first-order valence-corrected chi connectivity index (χ1v) is 8.72. The van der Waals surface area contributed by atoms with E-state index in [4.69, 9.17) is 10.5 Å². The first kappa shape index (κ1) is 15.6. The van der Waals surface area contributed by atoms with Crippen molar-refractivity contribution >= 4 is 21.4 Å². The highest BCUT2D eigenvalue weighted by Crippen LogP contribution is 2.17. The van der Waals surface area contributed by atoms with Crippen LogP contribution in [0.2, 0.25) is 0 Å². The number of amides is 1. The maximum Gasteiger partial charge on any atom is 0.223 e. The lowest BCUT2D eigenvalue weighted by molar-refractivity contribution is -0.121. The van der Waals surface area contributed by atoms with Crippen LogP contribution in [0, 0.1) is 5.92 Å². The van der Waals surface area contributed by atoms with Crippen LogP contribution in [0.3, 0.4) is 0 Å². The minimum atomic E-state index is -2.89. The maximum absolute atomic E-state index is 11.7. The fourth-order valence-electron chi connectivity index (χ4n) is 2.25. The molecular formula is C14H20N2O4S. The van der Waals surface area contributed by atoms with E-state index < -0.39 is 9.84 Å². The zero-order valence-electron chi connectivity index (χ0n) is 11.7. The first-order chi connectivity index (χ1) is 9.94. The van der Waals surface area contributed by atoms with E-state index in [1.807, 2.05) is 0 Å². The van der Waals surface area contributed by atoms with Crippen molar-refractivity contribution in [1.82, 2.24) is 5.32 Å². The lowest BCUT2D eigenvalue weighted by atomic mass is 10.1. The van der Waals surface area contributed by atoms with Gasteiger partial charge in [0.2, 0.25) is 5.91 Å². The van der Waals surface area contributed by atoms with Crippen LogP contribution < -0.4 is 15.8 Å². The van der Waals surface area contributed by atoms with E-state index in [1.165, 1.54) is 0 Å². The lowest BCUT2D eigenvalue weighted by Crippen LogP contribution is -2.30. The number of rotatable bonds is 6. The Hall–Kier alpha value is -1.76. The molecule has 0 saturated carbocycles. The second-order valence-electron chi connectivity index (χ2n) is 5.24. The highest BCUT2D eigenvalue weighted by molar-refractivity contribution is 7.91.